The Hall–Kier alpha value is -2.78. The van der Waals surface area contributed by atoms with Crippen molar-refractivity contribution < 1.29 is 17.6 Å². The molecule has 14 heteroatoms. The van der Waals surface area contributed by atoms with Gasteiger partial charge < -0.3 is 14.6 Å². The molecule has 0 saturated carbocycles. The third-order valence-electron chi connectivity index (χ3n) is 5.15. The molecule has 0 radical (unpaired) electrons. The second kappa shape index (κ2) is 12.2. The van der Waals surface area contributed by atoms with Gasteiger partial charge >= 0.3 is 0 Å². The van der Waals surface area contributed by atoms with Crippen LogP contribution < -0.4 is 14.9 Å². The molecular weight excluding hydrogens is 553 g/mol. The number of sulfonamides is 1. The van der Waals surface area contributed by atoms with Crippen molar-refractivity contribution in [3.8, 4) is 10.8 Å². The maximum absolute atomic E-state index is 13.0. The van der Waals surface area contributed by atoms with Crippen LogP contribution in [-0.2, 0) is 10.0 Å². The van der Waals surface area contributed by atoms with E-state index >= 15 is 0 Å². The molecule has 0 saturated heterocycles. The molecule has 1 aromatic carbocycles. The number of anilines is 2. The number of carbonyl (C=O) groups is 1. The van der Waals surface area contributed by atoms with Crippen LogP contribution in [0.3, 0.4) is 0 Å². The molecule has 1 unspecified atom stereocenters. The van der Waals surface area contributed by atoms with Crippen LogP contribution in [0.2, 0.25) is 0 Å². The number of para-hydroxylation sites is 2. The fourth-order valence-electron chi connectivity index (χ4n) is 3.50. The van der Waals surface area contributed by atoms with Crippen LogP contribution in [-0.4, -0.2) is 54.9 Å². The number of amides is 1. The molecule has 4 rings (SSSR count). The number of hydrogen-bond acceptors (Lipinski definition) is 11. The third-order valence-corrected chi connectivity index (χ3v) is 8.62. The molecule has 3 heterocycles. The molecular formula is C23H26N6O4S4. The predicted molar refractivity (Wildman–Crippen MR) is 148 cm³/mol. The van der Waals surface area contributed by atoms with Crippen LogP contribution in [0.15, 0.2) is 61.1 Å². The standard InChI is InChI=1S/C23H26N6O4S4/c1-4-29(12-11-15(2)28-37(3,31)32)18-9-6-5-8-16(18)24-20(30)17-14-35-23(25-17)36-22-27-26-21(33-22)19-10-7-13-34-19/h5-10,13-15,28H,4,11-12H2,1-3H3,(H,24,30). The van der Waals surface area contributed by atoms with Crippen molar-refractivity contribution >= 4 is 61.7 Å². The summed E-state index contributed by atoms with van der Waals surface area (Å²) in [6.07, 6.45) is 1.76. The van der Waals surface area contributed by atoms with Crippen molar-refractivity contribution in [3.63, 3.8) is 0 Å². The molecule has 1 amide bonds. The number of nitrogens with zero attached hydrogens (tertiary/aromatic N) is 4. The Kier molecular flexibility index (Phi) is 8.97. The molecule has 2 N–H and O–H groups in total. The number of thiazole rings is 1. The molecule has 0 aliphatic rings. The first-order valence-corrected chi connectivity index (χ1v) is 15.8. The highest BCUT2D eigenvalue weighted by Gasteiger charge is 2.18. The fraction of sp³-hybridized carbons (Fsp3) is 0.304. The molecule has 0 spiro atoms. The summed E-state index contributed by atoms with van der Waals surface area (Å²) in [5.74, 6) is 0.120. The van der Waals surface area contributed by atoms with E-state index in [1.165, 1.54) is 34.4 Å². The largest absolute Gasteiger partial charge is 0.410 e. The minimum atomic E-state index is -3.27. The quantitative estimate of drug-likeness (QED) is 0.243. The van der Waals surface area contributed by atoms with Gasteiger partial charge in [-0.15, -0.1) is 32.9 Å². The molecule has 1 atom stereocenters. The molecule has 37 heavy (non-hydrogen) atoms. The summed E-state index contributed by atoms with van der Waals surface area (Å²) in [6, 6.07) is 11.1. The van der Waals surface area contributed by atoms with E-state index in [4.69, 9.17) is 4.42 Å². The fourth-order valence-corrected chi connectivity index (χ4v) is 6.56. The minimum absolute atomic E-state index is 0.211. The van der Waals surface area contributed by atoms with Crippen LogP contribution in [0.4, 0.5) is 11.4 Å². The molecule has 0 bridgehead atoms. The third kappa shape index (κ3) is 7.61. The second-order valence-electron chi connectivity index (χ2n) is 8.08. The molecule has 0 aliphatic heterocycles. The zero-order valence-electron chi connectivity index (χ0n) is 20.4. The van der Waals surface area contributed by atoms with Crippen LogP contribution in [0.1, 0.15) is 30.8 Å². The van der Waals surface area contributed by atoms with Gasteiger partial charge in [0.15, 0.2) is 4.34 Å². The summed E-state index contributed by atoms with van der Waals surface area (Å²) in [5, 5.41) is 15.1. The van der Waals surface area contributed by atoms with E-state index < -0.39 is 10.0 Å². The van der Waals surface area contributed by atoms with Gasteiger partial charge in [-0.25, -0.2) is 18.1 Å². The number of nitrogens with one attached hydrogen (secondary N) is 2. The number of rotatable bonds is 12. The van der Waals surface area contributed by atoms with E-state index in [-0.39, 0.29) is 17.6 Å². The van der Waals surface area contributed by atoms with Gasteiger partial charge in [0.1, 0.15) is 5.69 Å². The number of benzene rings is 1. The second-order valence-corrected chi connectivity index (χ2v) is 12.9. The Labute approximate surface area is 227 Å². The molecule has 3 aromatic heterocycles. The first-order valence-electron chi connectivity index (χ1n) is 11.3. The lowest BCUT2D eigenvalue weighted by Crippen LogP contribution is -2.35. The summed E-state index contributed by atoms with van der Waals surface area (Å²) in [7, 11) is -3.27. The van der Waals surface area contributed by atoms with E-state index in [0.29, 0.717) is 40.7 Å². The van der Waals surface area contributed by atoms with Gasteiger partial charge in [-0.3, -0.25) is 4.79 Å². The monoisotopic (exact) mass is 578 g/mol. The highest BCUT2D eigenvalue weighted by atomic mass is 32.2. The van der Waals surface area contributed by atoms with Gasteiger partial charge in [0.2, 0.25) is 10.0 Å². The SMILES string of the molecule is CCN(CCC(C)NS(C)(=O)=O)c1ccccc1NC(=O)c1csc(Sc2nnc(-c3cccs3)o2)n1. The van der Waals surface area contributed by atoms with E-state index in [0.717, 1.165) is 16.8 Å². The van der Waals surface area contributed by atoms with Gasteiger partial charge in [-0.1, -0.05) is 18.2 Å². The minimum Gasteiger partial charge on any atom is -0.410 e. The summed E-state index contributed by atoms with van der Waals surface area (Å²) in [4.78, 5) is 20.4. The van der Waals surface area contributed by atoms with Gasteiger partial charge in [-0.05, 0) is 43.8 Å². The van der Waals surface area contributed by atoms with Crippen molar-refractivity contribution in [2.75, 3.05) is 29.6 Å². The van der Waals surface area contributed by atoms with Crippen LogP contribution in [0.5, 0.6) is 0 Å². The maximum Gasteiger partial charge on any atom is 0.284 e. The first kappa shape index (κ1) is 27.3. The Morgan fingerprint density at radius 1 is 1.19 bits per heavy atom. The van der Waals surface area contributed by atoms with Gasteiger partial charge in [-0.2, -0.15) is 0 Å². The number of hydrogen-bond donors (Lipinski definition) is 2. The van der Waals surface area contributed by atoms with Crippen LogP contribution in [0, 0.1) is 0 Å². The number of thiophene rings is 1. The lowest BCUT2D eigenvalue weighted by atomic mass is 10.2. The zero-order chi connectivity index (χ0) is 26.4. The lowest BCUT2D eigenvalue weighted by Gasteiger charge is -2.27. The van der Waals surface area contributed by atoms with Gasteiger partial charge in [0.05, 0.1) is 22.5 Å². The molecule has 0 fully saturated rings. The Bertz CT molecular complexity index is 1430. The predicted octanol–water partition coefficient (Wildman–Crippen LogP) is 4.81. The zero-order valence-corrected chi connectivity index (χ0v) is 23.6. The van der Waals surface area contributed by atoms with Crippen molar-refractivity contribution in [3.05, 3.63) is 52.9 Å². The normalized spacial score (nSPS) is 12.4. The average molecular weight is 579 g/mol. The Morgan fingerprint density at radius 3 is 2.73 bits per heavy atom. The summed E-state index contributed by atoms with van der Waals surface area (Å²) in [6.45, 7) is 5.14. The van der Waals surface area contributed by atoms with Crippen LogP contribution in [0.25, 0.3) is 10.8 Å². The van der Waals surface area contributed by atoms with Crippen molar-refractivity contribution in [2.45, 2.75) is 35.9 Å². The van der Waals surface area contributed by atoms with Gasteiger partial charge in [0.25, 0.3) is 17.0 Å². The van der Waals surface area contributed by atoms with E-state index in [2.05, 4.69) is 30.1 Å². The highest BCUT2D eigenvalue weighted by molar-refractivity contribution is 8.00. The van der Waals surface area contributed by atoms with Crippen molar-refractivity contribution in [1.82, 2.24) is 19.9 Å². The summed E-state index contributed by atoms with van der Waals surface area (Å²) in [5.41, 5.74) is 1.79. The molecule has 196 valence electrons. The smallest absolute Gasteiger partial charge is 0.284 e. The Morgan fingerprint density at radius 2 is 2.00 bits per heavy atom. The van der Waals surface area contributed by atoms with Crippen molar-refractivity contribution in [1.29, 1.82) is 0 Å². The summed E-state index contributed by atoms with van der Waals surface area (Å²) < 4.78 is 31.9. The van der Waals surface area contributed by atoms with E-state index in [1.54, 1.807) is 5.38 Å². The average Bonchev–Trinajstić information content (AvgIpc) is 3.62. The van der Waals surface area contributed by atoms with E-state index in [1.807, 2.05) is 55.6 Å². The molecule has 10 nitrogen and oxygen atoms in total. The lowest BCUT2D eigenvalue weighted by molar-refractivity contribution is 0.102. The number of carbonyl (C=O) groups excluding carboxylic acids is 1. The maximum atomic E-state index is 13.0. The molecule has 4 aromatic rings. The van der Waals surface area contributed by atoms with Crippen molar-refractivity contribution in [2.24, 2.45) is 0 Å². The topological polar surface area (TPSA) is 130 Å². The molecule has 0 aliphatic carbocycles. The van der Waals surface area contributed by atoms with Crippen LogP contribution >= 0.6 is 34.4 Å². The Balaban J connectivity index is 1.40. The first-order chi connectivity index (χ1) is 17.7. The van der Waals surface area contributed by atoms with E-state index in [9.17, 15) is 13.2 Å². The summed E-state index contributed by atoms with van der Waals surface area (Å²) >= 11 is 4.04. The van der Waals surface area contributed by atoms with Gasteiger partial charge in [0, 0.05) is 36.3 Å². The highest BCUT2D eigenvalue weighted by Crippen LogP contribution is 2.33. The number of aromatic nitrogens is 3.